The van der Waals surface area contributed by atoms with E-state index < -0.39 is 0 Å². The summed E-state index contributed by atoms with van der Waals surface area (Å²) in [5.41, 5.74) is 1.32. The van der Waals surface area contributed by atoms with Crippen LogP contribution in [0.4, 0.5) is 0 Å². The van der Waals surface area contributed by atoms with Crippen LogP contribution in [-0.2, 0) is 11.2 Å². The van der Waals surface area contributed by atoms with Crippen molar-refractivity contribution in [1.29, 1.82) is 0 Å². The molecule has 0 aliphatic carbocycles. The van der Waals surface area contributed by atoms with E-state index in [0.717, 1.165) is 13.0 Å². The lowest BCUT2D eigenvalue weighted by Gasteiger charge is -2.23. The Morgan fingerprint density at radius 3 is 3.40 bits per heavy atom. The van der Waals surface area contributed by atoms with Crippen molar-refractivity contribution in [1.82, 2.24) is 10.6 Å². The molecule has 2 rings (SSSR count). The van der Waals surface area contributed by atoms with Crippen LogP contribution in [0.3, 0.4) is 0 Å². The Balaban J connectivity index is 2.03. The summed E-state index contributed by atoms with van der Waals surface area (Å²) < 4.78 is 0. The van der Waals surface area contributed by atoms with Crippen LogP contribution in [0.2, 0.25) is 0 Å². The number of carbonyl (C=O) groups is 1. The third kappa shape index (κ3) is 2.38. The molecule has 1 unspecified atom stereocenters. The number of carbonyl (C=O) groups excluding carboxylic acids is 1. The minimum Gasteiger partial charge on any atom is -0.356 e. The minimum absolute atomic E-state index is 0.133. The van der Waals surface area contributed by atoms with Crippen LogP contribution < -0.4 is 10.6 Å². The van der Waals surface area contributed by atoms with Crippen LogP contribution in [0.15, 0.2) is 11.4 Å². The van der Waals surface area contributed by atoms with Gasteiger partial charge in [-0.25, -0.2) is 0 Å². The van der Waals surface area contributed by atoms with E-state index in [1.807, 2.05) is 6.92 Å². The zero-order chi connectivity index (χ0) is 10.7. The molecule has 82 valence electrons. The zero-order valence-electron chi connectivity index (χ0n) is 8.88. The van der Waals surface area contributed by atoms with E-state index in [2.05, 4.69) is 22.1 Å². The average molecular weight is 224 g/mol. The molecule has 4 heteroatoms. The van der Waals surface area contributed by atoms with E-state index in [0.29, 0.717) is 13.0 Å². The third-order valence-corrected chi connectivity index (χ3v) is 3.66. The Bertz CT molecular complexity index is 348. The van der Waals surface area contributed by atoms with Gasteiger partial charge < -0.3 is 10.6 Å². The van der Waals surface area contributed by atoms with Gasteiger partial charge >= 0.3 is 0 Å². The molecule has 1 aliphatic rings. The summed E-state index contributed by atoms with van der Waals surface area (Å²) in [6.45, 7) is 3.64. The highest BCUT2D eigenvalue weighted by atomic mass is 32.1. The highest BCUT2D eigenvalue weighted by Gasteiger charge is 2.22. The van der Waals surface area contributed by atoms with Gasteiger partial charge in [-0.1, -0.05) is 0 Å². The summed E-state index contributed by atoms with van der Waals surface area (Å²) in [5.74, 6) is 0.133. The summed E-state index contributed by atoms with van der Waals surface area (Å²) >= 11 is 1.80. The van der Waals surface area contributed by atoms with Crippen molar-refractivity contribution in [2.24, 2.45) is 0 Å². The predicted octanol–water partition coefficient (Wildman–Crippen LogP) is 1.46. The number of hydrogen-bond donors (Lipinski definition) is 2. The highest BCUT2D eigenvalue weighted by Crippen LogP contribution is 2.29. The third-order valence-electron chi connectivity index (χ3n) is 2.66. The van der Waals surface area contributed by atoms with Gasteiger partial charge in [0.25, 0.3) is 0 Å². The van der Waals surface area contributed by atoms with Gasteiger partial charge in [0, 0.05) is 30.4 Å². The number of hydrogen-bond acceptors (Lipinski definition) is 3. The summed E-state index contributed by atoms with van der Waals surface area (Å²) in [7, 11) is 0. The molecule has 0 radical (unpaired) electrons. The molecule has 0 aromatic carbocycles. The fourth-order valence-electron chi connectivity index (χ4n) is 1.97. The molecule has 1 amide bonds. The van der Waals surface area contributed by atoms with Gasteiger partial charge in [0.15, 0.2) is 0 Å². The van der Waals surface area contributed by atoms with E-state index >= 15 is 0 Å². The van der Waals surface area contributed by atoms with Crippen LogP contribution in [0, 0.1) is 0 Å². The Kier molecular flexibility index (Phi) is 3.38. The summed E-state index contributed by atoms with van der Waals surface area (Å²) in [6.07, 6.45) is 1.65. The second-order valence-corrected chi connectivity index (χ2v) is 4.71. The van der Waals surface area contributed by atoms with Gasteiger partial charge in [-0.2, -0.15) is 0 Å². The van der Waals surface area contributed by atoms with Gasteiger partial charge in [0.1, 0.15) is 0 Å². The number of amides is 1. The molecule has 1 aromatic heterocycles. The molecule has 0 saturated carbocycles. The Labute approximate surface area is 93.9 Å². The molecule has 2 heterocycles. The Morgan fingerprint density at radius 2 is 2.60 bits per heavy atom. The first kappa shape index (κ1) is 10.6. The first-order valence-electron chi connectivity index (χ1n) is 5.37. The van der Waals surface area contributed by atoms with Crippen molar-refractivity contribution in [3.8, 4) is 0 Å². The molecule has 0 bridgehead atoms. The van der Waals surface area contributed by atoms with Gasteiger partial charge in [-0.15, -0.1) is 11.3 Å². The zero-order valence-corrected chi connectivity index (χ0v) is 9.69. The lowest BCUT2D eigenvalue weighted by atomic mass is 9.99. The fraction of sp³-hybridized carbons (Fsp3) is 0.545. The summed E-state index contributed by atoms with van der Waals surface area (Å²) in [5, 5.41) is 8.35. The van der Waals surface area contributed by atoms with E-state index in [1.54, 1.807) is 11.3 Å². The first-order valence-corrected chi connectivity index (χ1v) is 6.25. The van der Waals surface area contributed by atoms with E-state index in [9.17, 15) is 4.79 Å². The molecular formula is C11H16N2OS. The standard InChI is InChI=1S/C11H16N2OS/c1-2-12-11(14)7-9-8-4-6-15-10(8)3-5-13-9/h4,6,9,13H,2-3,5,7H2,1H3,(H,12,14). The second-order valence-electron chi connectivity index (χ2n) is 3.71. The molecule has 2 N–H and O–H groups in total. The SMILES string of the molecule is CCNC(=O)CC1NCCc2sccc21. The van der Waals surface area contributed by atoms with E-state index in [4.69, 9.17) is 0 Å². The lowest BCUT2D eigenvalue weighted by Crippen LogP contribution is -2.34. The molecule has 1 aromatic rings. The number of thiophene rings is 1. The highest BCUT2D eigenvalue weighted by molar-refractivity contribution is 7.10. The van der Waals surface area contributed by atoms with Gasteiger partial charge in [-0.3, -0.25) is 4.79 Å². The lowest BCUT2D eigenvalue weighted by molar-refractivity contribution is -0.121. The quantitative estimate of drug-likeness (QED) is 0.816. The molecule has 1 atom stereocenters. The predicted molar refractivity (Wildman–Crippen MR) is 62.1 cm³/mol. The van der Waals surface area contributed by atoms with E-state index in [-0.39, 0.29) is 11.9 Å². The number of rotatable bonds is 3. The monoisotopic (exact) mass is 224 g/mol. The second kappa shape index (κ2) is 4.77. The van der Waals surface area contributed by atoms with Gasteiger partial charge in [0.2, 0.25) is 5.91 Å². The van der Waals surface area contributed by atoms with Crippen LogP contribution in [0.1, 0.15) is 29.8 Å². The number of fused-ring (bicyclic) bond motifs is 1. The van der Waals surface area contributed by atoms with Crippen molar-refractivity contribution < 1.29 is 4.79 Å². The Morgan fingerprint density at radius 1 is 1.73 bits per heavy atom. The smallest absolute Gasteiger partial charge is 0.221 e. The van der Waals surface area contributed by atoms with Gasteiger partial charge in [0.05, 0.1) is 0 Å². The van der Waals surface area contributed by atoms with Crippen LogP contribution in [-0.4, -0.2) is 19.0 Å². The molecule has 15 heavy (non-hydrogen) atoms. The van der Waals surface area contributed by atoms with Crippen LogP contribution in [0.25, 0.3) is 0 Å². The Hall–Kier alpha value is -0.870. The van der Waals surface area contributed by atoms with Crippen LogP contribution >= 0.6 is 11.3 Å². The maximum absolute atomic E-state index is 11.5. The maximum Gasteiger partial charge on any atom is 0.221 e. The molecule has 0 spiro atoms. The minimum atomic E-state index is 0.133. The average Bonchev–Trinajstić information content (AvgIpc) is 2.67. The summed E-state index contributed by atoms with van der Waals surface area (Å²) in [4.78, 5) is 12.9. The first-order chi connectivity index (χ1) is 7.31. The van der Waals surface area contributed by atoms with Crippen molar-refractivity contribution in [3.63, 3.8) is 0 Å². The largest absolute Gasteiger partial charge is 0.356 e. The van der Waals surface area contributed by atoms with Crippen molar-refractivity contribution >= 4 is 17.2 Å². The fourth-order valence-corrected chi connectivity index (χ4v) is 2.92. The maximum atomic E-state index is 11.5. The van der Waals surface area contributed by atoms with Crippen LogP contribution in [0.5, 0.6) is 0 Å². The normalized spacial score (nSPS) is 19.7. The molecule has 3 nitrogen and oxygen atoms in total. The van der Waals surface area contributed by atoms with Crippen molar-refractivity contribution in [2.75, 3.05) is 13.1 Å². The van der Waals surface area contributed by atoms with Gasteiger partial charge in [-0.05, 0) is 30.4 Å². The molecule has 1 aliphatic heterocycles. The summed E-state index contributed by atoms with van der Waals surface area (Å²) in [6, 6.07) is 2.35. The topological polar surface area (TPSA) is 41.1 Å². The molecule has 0 saturated heterocycles. The molecule has 0 fully saturated rings. The van der Waals surface area contributed by atoms with Crippen molar-refractivity contribution in [2.45, 2.75) is 25.8 Å². The van der Waals surface area contributed by atoms with E-state index in [1.165, 1.54) is 10.4 Å². The number of nitrogens with one attached hydrogen (secondary N) is 2. The van der Waals surface area contributed by atoms with Crippen molar-refractivity contribution in [3.05, 3.63) is 21.9 Å². The molecular weight excluding hydrogens is 208 g/mol.